The molecule has 0 radical (unpaired) electrons. The van der Waals surface area contributed by atoms with Crippen LogP contribution < -0.4 is 25.2 Å². The lowest BCUT2D eigenvalue weighted by Crippen LogP contribution is -2.53. The molecule has 7 rings (SSSR count). The number of benzene rings is 1. The second-order valence-corrected chi connectivity index (χ2v) is 15.9. The molecule has 4 fully saturated rings. The van der Waals surface area contributed by atoms with E-state index in [1.54, 1.807) is 37.5 Å². The minimum Gasteiger partial charge on any atom is -0.490 e. The molecule has 4 aliphatic rings. The largest absolute Gasteiger partial charge is 0.490 e. The summed E-state index contributed by atoms with van der Waals surface area (Å²) in [6.45, 7) is 6.38. The summed E-state index contributed by atoms with van der Waals surface area (Å²) in [7, 11) is 1.62. The zero-order valence-corrected chi connectivity index (χ0v) is 33.0. The average Bonchev–Trinajstić information content (AvgIpc) is 3.22. The van der Waals surface area contributed by atoms with Gasteiger partial charge in [0.05, 0.1) is 23.1 Å². The van der Waals surface area contributed by atoms with Crippen LogP contribution in [0.3, 0.4) is 0 Å². The van der Waals surface area contributed by atoms with Gasteiger partial charge in [-0.3, -0.25) is 29.4 Å². The molecule has 300 valence electrons. The summed E-state index contributed by atoms with van der Waals surface area (Å²) in [4.78, 5) is 62.8. The zero-order chi connectivity index (χ0) is 39.9. The number of nitriles is 1. The van der Waals surface area contributed by atoms with E-state index in [1.165, 1.54) is 4.90 Å². The molecule has 1 aromatic carbocycles. The zero-order valence-electron chi connectivity index (χ0n) is 32.2. The summed E-state index contributed by atoms with van der Waals surface area (Å²) >= 11 is 6.15. The number of nitrogens with zero attached hydrogens (tertiary/aromatic N) is 8. The van der Waals surface area contributed by atoms with Crippen molar-refractivity contribution >= 4 is 46.9 Å². The van der Waals surface area contributed by atoms with Gasteiger partial charge in [-0.1, -0.05) is 11.6 Å². The number of hydrogen-bond donors (Lipinski definition) is 2. The summed E-state index contributed by atoms with van der Waals surface area (Å²) in [6, 6.07) is 14.0. The summed E-state index contributed by atoms with van der Waals surface area (Å²) in [5.41, 5.74) is 1.57. The van der Waals surface area contributed by atoms with E-state index in [1.807, 2.05) is 18.2 Å². The van der Waals surface area contributed by atoms with Crippen molar-refractivity contribution in [1.82, 2.24) is 35.6 Å². The molecular weight excluding hydrogens is 748 g/mol. The number of likely N-dealkylation sites (N-methyl/N-ethyl adjacent to an activating group) is 1. The van der Waals surface area contributed by atoms with Crippen LogP contribution >= 0.6 is 11.6 Å². The molecule has 1 unspecified atom stereocenters. The molecule has 2 N–H and O–H groups in total. The molecular formula is C41H49ClN10O5. The van der Waals surface area contributed by atoms with Crippen molar-refractivity contribution in [2.75, 3.05) is 62.7 Å². The lowest BCUT2D eigenvalue weighted by Gasteiger charge is -2.39. The van der Waals surface area contributed by atoms with Gasteiger partial charge in [-0.15, -0.1) is 10.2 Å². The standard InChI is InChI=1S/C41H49ClN10O5/c1-49(35-9-11-38(53)46-41(35)56)39(54)23-28-12-15-44-37(22-28)52-20-18-50(19-21-52)26-27-13-16-51(17-14-27)36-10-8-34(47-48-36)40(55)45-30-3-6-31(7-4-30)57-32-5-2-29(25-43)33(42)24-32/h2,5,8,10,12,15,22,24,27,30-31,35H,3-4,6-7,9,11,13-14,16-21,23,26H2,1H3,(H,45,55)(H,46,53,56)/t30-,31-,35?. The van der Waals surface area contributed by atoms with E-state index in [-0.39, 0.29) is 42.7 Å². The smallest absolute Gasteiger partial charge is 0.272 e. The van der Waals surface area contributed by atoms with Crippen molar-refractivity contribution in [2.45, 2.75) is 76.0 Å². The Hall–Kier alpha value is -5.33. The van der Waals surface area contributed by atoms with Crippen LogP contribution in [-0.4, -0.2) is 120 Å². The van der Waals surface area contributed by atoms with Crippen molar-refractivity contribution in [3.8, 4) is 11.8 Å². The highest BCUT2D eigenvalue weighted by Crippen LogP contribution is 2.28. The van der Waals surface area contributed by atoms with Gasteiger partial charge in [0.2, 0.25) is 17.7 Å². The third-order valence-electron chi connectivity index (χ3n) is 11.6. The number of amides is 4. The molecule has 16 heteroatoms. The highest BCUT2D eigenvalue weighted by atomic mass is 35.5. The number of piperazine rings is 1. The van der Waals surface area contributed by atoms with Gasteiger partial charge in [0, 0.05) is 77.6 Å². The number of anilines is 2. The van der Waals surface area contributed by atoms with Crippen LogP contribution in [0.1, 0.15) is 73.0 Å². The number of rotatable bonds is 11. The molecule has 1 aliphatic carbocycles. The molecule has 3 aromatic rings. The fourth-order valence-electron chi connectivity index (χ4n) is 8.19. The van der Waals surface area contributed by atoms with Crippen LogP contribution in [0.5, 0.6) is 5.75 Å². The van der Waals surface area contributed by atoms with Crippen molar-refractivity contribution < 1.29 is 23.9 Å². The molecule has 1 atom stereocenters. The normalized spacial score (nSPS) is 22.0. The number of carbonyl (C=O) groups is 4. The number of hydrogen-bond acceptors (Lipinski definition) is 12. The van der Waals surface area contributed by atoms with E-state index in [0.717, 1.165) is 102 Å². The van der Waals surface area contributed by atoms with Gasteiger partial charge in [-0.05, 0) is 92.8 Å². The lowest BCUT2D eigenvalue weighted by atomic mass is 9.93. The van der Waals surface area contributed by atoms with E-state index in [2.05, 4.69) is 46.6 Å². The van der Waals surface area contributed by atoms with Crippen LogP contribution in [0, 0.1) is 17.2 Å². The number of aromatic nitrogens is 3. The van der Waals surface area contributed by atoms with E-state index < -0.39 is 11.9 Å². The van der Waals surface area contributed by atoms with Crippen LogP contribution in [0.25, 0.3) is 0 Å². The average molecular weight is 797 g/mol. The molecule has 2 aromatic heterocycles. The predicted molar refractivity (Wildman–Crippen MR) is 213 cm³/mol. The van der Waals surface area contributed by atoms with Crippen LogP contribution in [0.4, 0.5) is 11.6 Å². The second-order valence-electron chi connectivity index (χ2n) is 15.5. The maximum Gasteiger partial charge on any atom is 0.272 e. The number of nitrogens with one attached hydrogen (secondary N) is 2. The topological polar surface area (TPSA) is 177 Å². The molecule has 1 saturated carbocycles. The Bertz CT molecular complexity index is 1970. The Labute approximate surface area is 337 Å². The first kappa shape index (κ1) is 39.9. The fourth-order valence-corrected chi connectivity index (χ4v) is 8.40. The maximum atomic E-state index is 13.0. The van der Waals surface area contributed by atoms with Crippen molar-refractivity contribution in [1.29, 1.82) is 5.26 Å². The molecule has 15 nitrogen and oxygen atoms in total. The van der Waals surface area contributed by atoms with Gasteiger partial charge in [0.1, 0.15) is 23.7 Å². The highest BCUT2D eigenvalue weighted by molar-refractivity contribution is 6.31. The van der Waals surface area contributed by atoms with Gasteiger partial charge in [-0.25, -0.2) is 4.98 Å². The summed E-state index contributed by atoms with van der Waals surface area (Å²) in [6.07, 6.45) is 7.78. The van der Waals surface area contributed by atoms with Crippen molar-refractivity contribution in [3.05, 3.63) is 70.5 Å². The van der Waals surface area contributed by atoms with E-state index in [9.17, 15) is 19.2 Å². The first-order valence-corrected chi connectivity index (χ1v) is 20.3. The Kier molecular flexibility index (Phi) is 12.8. The van der Waals surface area contributed by atoms with Gasteiger partial charge >= 0.3 is 0 Å². The number of ether oxygens (including phenoxy) is 1. The lowest BCUT2D eigenvalue weighted by molar-refractivity contribution is -0.144. The highest BCUT2D eigenvalue weighted by Gasteiger charge is 2.32. The summed E-state index contributed by atoms with van der Waals surface area (Å²) < 4.78 is 6.08. The Morgan fingerprint density at radius 1 is 0.930 bits per heavy atom. The molecule has 0 spiro atoms. The quantitative estimate of drug-likeness (QED) is 0.271. The number of piperidine rings is 2. The van der Waals surface area contributed by atoms with Crippen LogP contribution in [0.2, 0.25) is 5.02 Å². The molecule has 0 bridgehead atoms. The Morgan fingerprint density at radius 2 is 1.68 bits per heavy atom. The van der Waals surface area contributed by atoms with E-state index in [0.29, 0.717) is 34.4 Å². The minimum absolute atomic E-state index is 0.0259. The number of halogens is 1. The Balaban J connectivity index is 0.798. The molecule has 4 amide bonds. The first-order valence-electron chi connectivity index (χ1n) is 19.9. The second kappa shape index (κ2) is 18.3. The minimum atomic E-state index is -0.633. The van der Waals surface area contributed by atoms with Crippen LogP contribution in [0.15, 0.2) is 48.7 Å². The number of carbonyl (C=O) groups excluding carboxylic acids is 4. The van der Waals surface area contributed by atoms with Gasteiger partial charge < -0.3 is 24.8 Å². The molecule has 5 heterocycles. The SMILES string of the molecule is CN(C(=O)Cc1ccnc(N2CCN(CC3CCN(c4ccc(C(=O)N[C@H]5CC[C@H](Oc6ccc(C#N)c(Cl)c6)CC5)nn4)CC3)CC2)c1)C1CCC(=O)NC1=O. The number of pyridine rings is 1. The monoisotopic (exact) mass is 796 g/mol. The fraction of sp³-hybridized carbons (Fsp3) is 0.512. The van der Waals surface area contributed by atoms with Gasteiger partial charge in [-0.2, -0.15) is 5.26 Å². The molecule has 3 aliphatic heterocycles. The van der Waals surface area contributed by atoms with E-state index >= 15 is 0 Å². The van der Waals surface area contributed by atoms with E-state index in [4.69, 9.17) is 21.6 Å². The third kappa shape index (κ3) is 10.2. The summed E-state index contributed by atoms with van der Waals surface area (Å²) in [5, 5.41) is 23.6. The Morgan fingerprint density at radius 3 is 2.37 bits per heavy atom. The molecule has 3 saturated heterocycles. The van der Waals surface area contributed by atoms with Crippen molar-refractivity contribution in [2.24, 2.45) is 5.92 Å². The van der Waals surface area contributed by atoms with Gasteiger partial charge in [0.25, 0.3) is 5.91 Å². The number of imide groups is 1. The van der Waals surface area contributed by atoms with Crippen molar-refractivity contribution in [3.63, 3.8) is 0 Å². The molecule has 57 heavy (non-hydrogen) atoms. The predicted octanol–water partition coefficient (Wildman–Crippen LogP) is 3.36. The maximum absolute atomic E-state index is 13.0. The first-order chi connectivity index (χ1) is 27.6. The summed E-state index contributed by atoms with van der Waals surface area (Å²) in [5.74, 6) is 1.76. The van der Waals surface area contributed by atoms with Crippen LogP contribution in [-0.2, 0) is 20.8 Å². The third-order valence-corrected chi connectivity index (χ3v) is 12.0. The van der Waals surface area contributed by atoms with Gasteiger partial charge in [0.15, 0.2) is 11.5 Å².